The minimum atomic E-state index is -0.0813. The van der Waals surface area contributed by atoms with Crippen molar-refractivity contribution in [2.24, 2.45) is 0 Å². The molecule has 41 heavy (non-hydrogen) atoms. The third kappa shape index (κ3) is 5.59. The fourth-order valence-electron chi connectivity index (χ4n) is 5.34. The van der Waals surface area contributed by atoms with E-state index in [-0.39, 0.29) is 18.0 Å². The van der Waals surface area contributed by atoms with Crippen molar-refractivity contribution in [1.82, 2.24) is 44.4 Å². The number of hydrogen-bond donors (Lipinski definition) is 1. The summed E-state index contributed by atoms with van der Waals surface area (Å²) in [6.45, 7) is 6.59. The number of aromatic nitrogens is 7. The molecule has 212 valence electrons. The van der Waals surface area contributed by atoms with Crippen molar-refractivity contribution >= 4 is 39.1 Å². The fourth-order valence-corrected chi connectivity index (χ4v) is 6.08. The summed E-state index contributed by atoms with van der Waals surface area (Å²) in [5.74, 6) is 0.680. The molecule has 0 saturated carbocycles. The summed E-state index contributed by atoms with van der Waals surface area (Å²) in [5.41, 5.74) is 4.59. The van der Waals surface area contributed by atoms with Gasteiger partial charge in [0.15, 0.2) is 0 Å². The zero-order chi connectivity index (χ0) is 28.7. The van der Waals surface area contributed by atoms with Gasteiger partial charge in [0.25, 0.3) is 5.91 Å². The molecule has 0 unspecified atom stereocenters. The predicted molar refractivity (Wildman–Crippen MR) is 158 cm³/mol. The molecule has 1 fully saturated rings. The SMILES string of the molecule is COc1ccc(-c2n[nH]c(C(=O)N3C[C@@H](C)N(Cc4cn(Cc5cn6cc(Cl)ccc6n5)nn4)[C@@H](C)C3)c2Br)cc1. The smallest absolute Gasteiger partial charge is 0.273 e. The van der Waals surface area contributed by atoms with Crippen LogP contribution in [0.25, 0.3) is 16.9 Å². The monoisotopic (exact) mass is 637 g/mol. The number of fused-ring (bicyclic) bond motifs is 1. The molecule has 1 saturated heterocycles. The zero-order valence-electron chi connectivity index (χ0n) is 22.8. The van der Waals surface area contributed by atoms with Crippen molar-refractivity contribution in [3.05, 3.63) is 81.6 Å². The maximum atomic E-state index is 13.5. The Labute approximate surface area is 250 Å². The van der Waals surface area contributed by atoms with E-state index in [4.69, 9.17) is 16.3 Å². The number of benzene rings is 1. The molecule has 0 radical (unpaired) electrons. The highest BCUT2D eigenvalue weighted by atomic mass is 79.9. The number of methoxy groups -OCH3 is 1. The number of piperazine rings is 1. The maximum Gasteiger partial charge on any atom is 0.273 e. The molecular weight excluding hydrogens is 610 g/mol. The molecule has 1 N–H and O–H groups in total. The Balaban J connectivity index is 1.10. The number of ether oxygens (including phenoxy) is 1. The molecule has 1 aliphatic rings. The number of pyridine rings is 1. The van der Waals surface area contributed by atoms with Crippen molar-refractivity contribution in [2.75, 3.05) is 20.2 Å². The first kappa shape index (κ1) is 27.4. The van der Waals surface area contributed by atoms with Crippen molar-refractivity contribution in [3.8, 4) is 17.0 Å². The number of nitrogens with zero attached hydrogens (tertiary/aromatic N) is 8. The van der Waals surface area contributed by atoms with E-state index in [0.29, 0.717) is 47.1 Å². The molecule has 5 heterocycles. The van der Waals surface area contributed by atoms with E-state index in [0.717, 1.165) is 28.3 Å². The molecule has 11 nitrogen and oxygen atoms in total. The van der Waals surface area contributed by atoms with Crippen LogP contribution in [-0.4, -0.2) is 82.6 Å². The van der Waals surface area contributed by atoms with Gasteiger partial charge in [-0.1, -0.05) is 16.8 Å². The van der Waals surface area contributed by atoms with E-state index in [1.54, 1.807) is 11.8 Å². The van der Waals surface area contributed by atoms with Crippen LogP contribution >= 0.6 is 27.5 Å². The third-order valence-corrected chi connectivity index (χ3v) is 8.39. The van der Waals surface area contributed by atoms with E-state index in [9.17, 15) is 4.79 Å². The molecule has 0 bridgehead atoms. The van der Waals surface area contributed by atoms with Crippen LogP contribution < -0.4 is 4.74 Å². The minimum Gasteiger partial charge on any atom is -0.497 e. The average molecular weight is 639 g/mol. The summed E-state index contributed by atoms with van der Waals surface area (Å²) >= 11 is 9.70. The minimum absolute atomic E-state index is 0.0813. The lowest BCUT2D eigenvalue weighted by Gasteiger charge is -2.44. The van der Waals surface area contributed by atoms with Crippen LogP contribution in [-0.2, 0) is 13.1 Å². The summed E-state index contributed by atoms with van der Waals surface area (Å²) < 4.78 is 9.60. The van der Waals surface area contributed by atoms with Gasteiger partial charge in [-0.25, -0.2) is 9.67 Å². The zero-order valence-corrected chi connectivity index (χ0v) is 25.2. The Bertz CT molecular complexity index is 1680. The maximum absolute atomic E-state index is 13.5. The summed E-state index contributed by atoms with van der Waals surface area (Å²) in [6, 6.07) is 11.5. The lowest BCUT2D eigenvalue weighted by Crippen LogP contribution is -2.57. The van der Waals surface area contributed by atoms with Gasteiger partial charge in [-0.05, 0) is 66.2 Å². The second-order valence-corrected chi connectivity index (χ2v) is 11.6. The molecule has 5 aromatic rings. The van der Waals surface area contributed by atoms with Crippen LogP contribution in [0, 0.1) is 0 Å². The van der Waals surface area contributed by atoms with E-state index < -0.39 is 0 Å². The number of hydrogen-bond acceptors (Lipinski definition) is 7. The van der Waals surface area contributed by atoms with Gasteiger partial charge in [-0.15, -0.1) is 5.10 Å². The number of nitrogens with one attached hydrogen (secondary N) is 1. The Morgan fingerprint density at radius 3 is 2.54 bits per heavy atom. The second kappa shape index (κ2) is 11.3. The first-order chi connectivity index (χ1) is 19.8. The Morgan fingerprint density at radius 2 is 1.80 bits per heavy atom. The number of aromatic amines is 1. The number of carbonyl (C=O) groups is 1. The van der Waals surface area contributed by atoms with Gasteiger partial charge in [0.2, 0.25) is 0 Å². The Hall–Kier alpha value is -3.74. The average Bonchev–Trinajstić information content (AvgIpc) is 3.68. The molecule has 0 aliphatic carbocycles. The van der Waals surface area contributed by atoms with E-state index in [1.165, 1.54) is 0 Å². The summed E-state index contributed by atoms with van der Waals surface area (Å²) in [6.07, 6.45) is 5.73. The van der Waals surface area contributed by atoms with Gasteiger partial charge >= 0.3 is 0 Å². The van der Waals surface area contributed by atoms with E-state index in [2.05, 4.69) is 60.2 Å². The van der Waals surface area contributed by atoms with Gasteiger partial charge < -0.3 is 14.0 Å². The molecular formula is C28H29BrClN9O2. The van der Waals surface area contributed by atoms with Crippen LogP contribution in [0.2, 0.25) is 5.02 Å². The van der Waals surface area contributed by atoms with Crippen molar-refractivity contribution in [3.63, 3.8) is 0 Å². The number of rotatable bonds is 7. The van der Waals surface area contributed by atoms with Gasteiger partial charge in [0.1, 0.15) is 22.8 Å². The topological polar surface area (TPSA) is 109 Å². The highest BCUT2D eigenvalue weighted by Gasteiger charge is 2.34. The van der Waals surface area contributed by atoms with Gasteiger partial charge in [0.05, 0.1) is 40.7 Å². The summed E-state index contributed by atoms with van der Waals surface area (Å²) in [4.78, 5) is 22.4. The lowest BCUT2D eigenvalue weighted by atomic mass is 10.1. The standard InChI is InChI=1S/C28H29BrClN9O2/c1-17-10-37(28(40)27-25(29)26(33-34-27)19-4-7-23(41-3)8-5-19)11-18(2)39(17)16-22-15-38(35-32-22)14-21-13-36-12-20(30)6-9-24(36)31-21/h4-9,12-13,15,17-18H,10-11,14,16H2,1-3H3,(H,33,34)/t17-,18+. The van der Waals surface area contributed by atoms with Crippen LogP contribution in [0.3, 0.4) is 0 Å². The summed E-state index contributed by atoms with van der Waals surface area (Å²) in [5, 5.41) is 16.7. The van der Waals surface area contributed by atoms with Gasteiger partial charge in [-0.2, -0.15) is 5.10 Å². The molecule has 1 aromatic carbocycles. The van der Waals surface area contributed by atoms with Crippen molar-refractivity contribution in [1.29, 1.82) is 0 Å². The number of carbonyl (C=O) groups excluding carboxylic acids is 1. The molecule has 13 heteroatoms. The highest BCUT2D eigenvalue weighted by Crippen LogP contribution is 2.31. The molecule has 2 atom stereocenters. The van der Waals surface area contributed by atoms with Crippen LogP contribution in [0.1, 0.15) is 35.7 Å². The first-order valence-corrected chi connectivity index (χ1v) is 14.4. The van der Waals surface area contributed by atoms with Crippen LogP contribution in [0.5, 0.6) is 5.75 Å². The largest absolute Gasteiger partial charge is 0.497 e. The lowest BCUT2D eigenvalue weighted by molar-refractivity contribution is 0.0260. The Kier molecular flexibility index (Phi) is 7.54. The summed E-state index contributed by atoms with van der Waals surface area (Å²) in [7, 11) is 1.63. The van der Waals surface area contributed by atoms with Crippen LogP contribution in [0.4, 0.5) is 0 Å². The molecule has 6 rings (SSSR count). The first-order valence-electron chi connectivity index (χ1n) is 13.2. The fraction of sp³-hybridized carbons (Fsp3) is 0.321. The third-order valence-electron chi connectivity index (χ3n) is 7.39. The second-order valence-electron chi connectivity index (χ2n) is 10.3. The molecule has 4 aromatic heterocycles. The predicted octanol–water partition coefficient (Wildman–Crippen LogP) is 4.52. The highest BCUT2D eigenvalue weighted by molar-refractivity contribution is 9.10. The van der Waals surface area contributed by atoms with E-state index in [1.807, 2.05) is 64.3 Å². The van der Waals surface area contributed by atoms with Gasteiger partial charge in [0, 0.05) is 49.7 Å². The number of H-pyrrole nitrogens is 1. The number of halogens is 2. The van der Waals surface area contributed by atoms with E-state index >= 15 is 0 Å². The van der Waals surface area contributed by atoms with Gasteiger partial charge in [-0.3, -0.25) is 14.8 Å². The number of imidazole rings is 1. The number of amides is 1. The molecule has 0 spiro atoms. The van der Waals surface area contributed by atoms with Crippen molar-refractivity contribution in [2.45, 2.75) is 39.0 Å². The van der Waals surface area contributed by atoms with Crippen LogP contribution in [0.15, 0.2) is 59.5 Å². The molecule has 1 aliphatic heterocycles. The molecule has 1 amide bonds. The van der Waals surface area contributed by atoms with Crippen molar-refractivity contribution < 1.29 is 9.53 Å². The quantitative estimate of drug-likeness (QED) is 0.279. The normalized spacial score (nSPS) is 17.8. The Morgan fingerprint density at radius 1 is 1.05 bits per heavy atom.